The molecule has 0 spiro atoms. The van der Waals surface area contributed by atoms with E-state index < -0.39 is 0 Å². The van der Waals surface area contributed by atoms with E-state index in [9.17, 15) is 0 Å². The van der Waals surface area contributed by atoms with E-state index in [-0.39, 0.29) is 0 Å². The van der Waals surface area contributed by atoms with Gasteiger partial charge >= 0.3 is 0 Å². The number of methoxy groups -OCH3 is 2. The minimum Gasteiger partial charge on any atom is -0.497 e. The van der Waals surface area contributed by atoms with Crippen LogP contribution in [0.4, 0.5) is 0 Å². The molecule has 0 radical (unpaired) electrons. The van der Waals surface area contributed by atoms with Crippen LogP contribution in [0.3, 0.4) is 0 Å². The van der Waals surface area contributed by atoms with Crippen molar-refractivity contribution in [2.45, 2.75) is 19.3 Å². The van der Waals surface area contributed by atoms with Crippen molar-refractivity contribution in [1.82, 2.24) is 0 Å². The van der Waals surface area contributed by atoms with Crippen LogP contribution in [0.25, 0.3) is 0 Å². The van der Waals surface area contributed by atoms with Gasteiger partial charge in [-0.25, -0.2) is 0 Å². The summed E-state index contributed by atoms with van der Waals surface area (Å²) in [6.45, 7) is 2.85. The topological polar surface area (TPSA) is 44.5 Å². The van der Waals surface area contributed by atoms with Gasteiger partial charge in [-0.05, 0) is 36.6 Å². The van der Waals surface area contributed by atoms with Gasteiger partial charge in [0.2, 0.25) is 0 Å². The summed E-state index contributed by atoms with van der Waals surface area (Å²) in [6, 6.07) is 5.93. The average Bonchev–Trinajstić information content (AvgIpc) is 2.28. The van der Waals surface area contributed by atoms with Gasteiger partial charge in [0.15, 0.2) is 0 Å². The third kappa shape index (κ3) is 3.13. The van der Waals surface area contributed by atoms with E-state index >= 15 is 0 Å². The molecule has 0 aliphatic heterocycles. The van der Waals surface area contributed by atoms with Crippen LogP contribution in [-0.4, -0.2) is 20.8 Å². The highest BCUT2D eigenvalue weighted by Gasteiger charge is 2.08. The van der Waals surface area contributed by atoms with Crippen molar-refractivity contribution in [3.8, 4) is 11.5 Å². The Bertz CT molecular complexity index is 290. The Morgan fingerprint density at radius 1 is 1.13 bits per heavy atom. The van der Waals surface area contributed by atoms with Gasteiger partial charge in [-0.3, -0.25) is 0 Å². The lowest BCUT2D eigenvalue weighted by Gasteiger charge is -2.13. The second-order valence-corrected chi connectivity index (χ2v) is 3.62. The minimum atomic E-state index is 0.430. The van der Waals surface area contributed by atoms with Crippen molar-refractivity contribution in [2.75, 3.05) is 20.8 Å². The zero-order valence-electron chi connectivity index (χ0n) is 9.62. The summed E-state index contributed by atoms with van der Waals surface area (Å²) < 4.78 is 10.4. The van der Waals surface area contributed by atoms with Crippen LogP contribution in [-0.2, 0) is 0 Å². The van der Waals surface area contributed by atoms with Gasteiger partial charge in [0.05, 0.1) is 14.2 Å². The highest BCUT2D eigenvalue weighted by molar-refractivity contribution is 5.39. The van der Waals surface area contributed by atoms with Crippen molar-refractivity contribution >= 4 is 0 Å². The third-order valence-electron chi connectivity index (χ3n) is 2.54. The van der Waals surface area contributed by atoms with Crippen LogP contribution in [0, 0.1) is 0 Å². The molecular weight excluding hydrogens is 190 g/mol. The molecule has 1 rings (SSSR count). The van der Waals surface area contributed by atoms with Gasteiger partial charge in [-0.15, -0.1) is 0 Å². The fourth-order valence-corrected chi connectivity index (χ4v) is 1.53. The van der Waals surface area contributed by atoms with Crippen LogP contribution < -0.4 is 15.2 Å². The van der Waals surface area contributed by atoms with Gasteiger partial charge < -0.3 is 15.2 Å². The molecule has 3 nitrogen and oxygen atoms in total. The first-order valence-electron chi connectivity index (χ1n) is 5.14. The molecule has 1 aromatic carbocycles. The van der Waals surface area contributed by atoms with Crippen molar-refractivity contribution in [1.29, 1.82) is 0 Å². The van der Waals surface area contributed by atoms with E-state index in [0.29, 0.717) is 12.5 Å². The lowest BCUT2D eigenvalue weighted by molar-refractivity contribution is 0.392. The maximum absolute atomic E-state index is 5.55. The molecule has 15 heavy (non-hydrogen) atoms. The maximum Gasteiger partial charge on any atom is 0.122 e. The quantitative estimate of drug-likeness (QED) is 0.808. The zero-order chi connectivity index (χ0) is 11.3. The summed E-state index contributed by atoms with van der Waals surface area (Å²) in [5.41, 5.74) is 6.75. The number of nitrogens with two attached hydrogens (primary N) is 1. The van der Waals surface area contributed by atoms with E-state index in [1.807, 2.05) is 18.2 Å². The summed E-state index contributed by atoms with van der Waals surface area (Å²) in [4.78, 5) is 0. The molecule has 0 heterocycles. The number of ether oxygens (including phenoxy) is 2. The summed E-state index contributed by atoms with van der Waals surface area (Å²) in [5.74, 6) is 2.08. The van der Waals surface area contributed by atoms with E-state index in [0.717, 1.165) is 17.9 Å². The molecule has 0 bridgehead atoms. The first kappa shape index (κ1) is 11.9. The number of hydrogen-bond acceptors (Lipinski definition) is 3. The SMILES string of the molecule is COc1cc(OC)cc(C(C)CCN)c1. The highest BCUT2D eigenvalue weighted by atomic mass is 16.5. The molecule has 2 N–H and O–H groups in total. The lowest BCUT2D eigenvalue weighted by Crippen LogP contribution is -2.05. The van der Waals surface area contributed by atoms with Gasteiger partial charge in [-0.1, -0.05) is 6.92 Å². The molecule has 0 fully saturated rings. The Morgan fingerprint density at radius 3 is 2.07 bits per heavy atom. The summed E-state index contributed by atoms with van der Waals surface area (Å²) in [6.07, 6.45) is 0.969. The number of rotatable bonds is 5. The first-order valence-corrected chi connectivity index (χ1v) is 5.14. The van der Waals surface area contributed by atoms with Crippen LogP contribution in [0.15, 0.2) is 18.2 Å². The Labute approximate surface area is 91.2 Å². The molecule has 3 heteroatoms. The van der Waals surface area contributed by atoms with E-state index in [1.165, 1.54) is 5.56 Å². The number of benzene rings is 1. The van der Waals surface area contributed by atoms with E-state index in [4.69, 9.17) is 15.2 Å². The molecule has 0 aliphatic carbocycles. The van der Waals surface area contributed by atoms with Gasteiger partial charge in [-0.2, -0.15) is 0 Å². The van der Waals surface area contributed by atoms with Gasteiger partial charge in [0.25, 0.3) is 0 Å². The monoisotopic (exact) mass is 209 g/mol. The van der Waals surface area contributed by atoms with Crippen molar-refractivity contribution in [2.24, 2.45) is 5.73 Å². The fraction of sp³-hybridized carbons (Fsp3) is 0.500. The highest BCUT2D eigenvalue weighted by Crippen LogP contribution is 2.28. The smallest absolute Gasteiger partial charge is 0.122 e. The van der Waals surface area contributed by atoms with Crippen LogP contribution >= 0.6 is 0 Å². The molecule has 0 amide bonds. The van der Waals surface area contributed by atoms with E-state index in [2.05, 4.69) is 6.92 Å². The first-order chi connectivity index (χ1) is 7.21. The average molecular weight is 209 g/mol. The molecule has 0 aromatic heterocycles. The molecule has 1 atom stereocenters. The maximum atomic E-state index is 5.55. The lowest BCUT2D eigenvalue weighted by atomic mass is 9.97. The standard InChI is InChI=1S/C12H19NO2/c1-9(4-5-13)10-6-11(14-2)8-12(7-10)15-3/h6-9H,4-5,13H2,1-3H3. The minimum absolute atomic E-state index is 0.430. The van der Waals surface area contributed by atoms with Crippen LogP contribution in [0.1, 0.15) is 24.8 Å². The third-order valence-corrected chi connectivity index (χ3v) is 2.54. The summed E-state index contributed by atoms with van der Waals surface area (Å²) in [5, 5.41) is 0. The van der Waals surface area contributed by atoms with Crippen LogP contribution in [0.5, 0.6) is 11.5 Å². The van der Waals surface area contributed by atoms with Crippen LogP contribution in [0.2, 0.25) is 0 Å². The second kappa shape index (κ2) is 5.61. The molecule has 1 unspecified atom stereocenters. The fourth-order valence-electron chi connectivity index (χ4n) is 1.53. The molecular formula is C12H19NO2. The Kier molecular flexibility index (Phi) is 4.43. The molecule has 1 aromatic rings. The molecule has 84 valence electrons. The van der Waals surface area contributed by atoms with Gasteiger partial charge in [0.1, 0.15) is 11.5 Å². The Hall–Kier alpha value is -1.22. The molecule has 0 aliphatic rings. The Morgan fingerprint density at radius 2 is 1.67 bits per heavy atom. The van der Waals surface area contributed by atoms with Gasteiger partial charge in [0, 0.05) is 6.07 Å². The molecule has 0 saturated heterocycles. The Balaban J connectivity index is 2.95. The normalized spacial score (nSPS) is 12.3. The van der Waals surface area contributed by atoms with Crippen molar-refractivity contribution in [3.63, 3.8) is 0 Å². The predicted molar refractivity (Wildman–Crippen MR) is 61.6 cm³/mol. The summed E-state index contributed by atoms with van der Waals surface area (Å²) >= 11 is 0. The predicted octanol–water partition coefficient (Wildman–Crippen LogP) is 2.16. The zero-order valence-corrected chi connectivity index (χ0v) is 9.62. The number of hydrogen-bond donors (Lipinski definition) is 1. The van der Waals surface area contributed by atoms with E-state index in [1.54, 1.807) is 14.2 Å². The summed E-state index contributed by atoms with van der Waals surface area (Å²) in [7, 11) is 3.32. The molecule has 0 saturated carbocycles. The van der Waals surface area contributed by atoms with Crippen molar-refractivity contribution in [3.05, 3.63) is 23.8 Å². The second-order valence-electron chi connectivity index (χ2n) is 3.62. The van der Waals surface area contributed by atoms with Crippen molar-refractivity contribution < 1.29 is 9.47 Å². The largest absolute Gasteiger partial charge is 0.497 e.